The van der Waals surface area contributed by atoms with Crippen LogP contribution in [0, 0.1) is 12.7 Å². The molecule has 3 nitrogen and oxygen atoms in total. The van der Waals surface area contributed by atoms with Crippen molar-refractivity contribution in [3.63, 3.8) is 0 Å². The van der Waals surface area contributed by atoms with Crippen LogP contribution in [0.4, 0.5) is 4.39 Å². The fourth-order valence-electron chi connectivity index (χ4n) is 1.39. The lowest BCUT2D eigenvalue weighted by atomic mass is 10.2. The predicted octanol–water partition coefficient (Wildman–Crippen LogP) is 2.52. The van der Waals surface area contributed by atoms with Gasteiger partial charge in [-0.25, -0.2) is 9.37 Å². The van der Waals surface area contributed by atoms with E-state index in [9.17, 15) is 9.18 Å². The zero-order chi connectivity index (χ0) is 12.3. The zero-order valence-electron chi connectivity index (χ0n) is 9.24. The van der Waals surface area contributed by atoms with Crippen molar-refractivity contribution in [3.8, 4) is 0 Å². The number of benzene rings is 1. The SMILES string of the molecule is Cc1ncc(CNC(=O)c2cccc(F)c2)s1. The molecule has 0 spiro atoms. The maximum Gasteiger partial charge on any atom is 0.251 e. The Morgan fingerprint density at radius 2 is 2.35 bits per heavy atom. The largest absolute Gasteiger partial charge is 0.347 e. The van der Waals surface area contributed by atoms with Crippen LogP contribution in [-0.4, -0.2) is 10.9 Å². The van der Waals surface area contributed by atoms with E-state index < -0.39 is 5.82 Å². The van der Waals surface area contributed by atoms with E-state index in [1.54, 1.807) is 12.3 Å². The number of thiazole rings is 1. The summed E-state index contributed by atoms with van der Waals surface area (Å²) < 4.78 is 12.9. The van der Waals surface area contributed by atoms with Gasteiger partial charge >= 0.3 is 0 Å². The average Bonchev–Trinajstić information content (AvgIpc) is 2.72. The Bertz CT molecular complexity index is 539. The van der Waals surface area contributed by atoms with Crippen molar-refractivity contribution in [3.05, 3.63) is 51.7 Å². The monoisotopic (exact) mass is 250 g/mol. The molecule has 0 aliphatic heterocycles. The molecule has 1 heterocycles. The number of nitrogens with zero attached hydrogens (tertiary/aromatic N) is 1. The summed E-state index contributed by atoms with van der Waals surface area (Å²) in [7, 11) is 0. The second-order valence-corrected chi connectivity index (χ2v) is 4.86. The van der Waals surface area contributed by atoms with Gasteiger partial charge in [0.05, 0.1) is 11.6 Å². The number of halogens is 1. The van der Waals surface area contributed by atoms with Crippen LogP contribution >= 0.6 is 11.3 Å². The van der Waals surface area contributed by atoms with Crippen LogP contribution < -0.4 is 5.32 Å². The van der Waals surface area contributed by atoms with Crippen LogP contribution in [0.25, 0.3) is 0 Å². The molecule has 88 valence electrons. The van der Waals surface area contributed by atoms with E-state index in [0.717, 1.165) is 9.88 Å². The first kappa shape index (κ1) is 11.7. The van der Waals surface area contributed by atoms with Gasteiger partial charge in [0.25, 0.3) is 5.91 Å². The summed E-state index contributed by atoms with van der Waals surface area (Å²) in [6.07, 6.45) is 1.73. The number of carbonyl (C=O) groups excluding carboxylic acids is 1. The van der Waals surface area contributed by atoms with Gasteiger partial charge in [0.1, 0.15) is 5.82 Å². The Hall–Kier alpha value is -1.75. The molecule has 0 aliphatic rings. The van der Waals surface area contributed by atoms with E-state index in [2.05, 4.69) is 10.3 Å². The molecule has 0 unspecified atom stereocenters. The Labute approximate surface area is 102 Å². The van der Waals surface area contributed by atoms with E-state index in [1.807, 2.05) is 6.92 Å². The lowest BCUT2D eigenvalue weighted by molar-refractivity contribution is 0.0951. The first-order valence-corrected chi connectivity index (χ1v) is 5.92. The maximum absolute atomic E-state index is 12.9. The summed E-state index contributed by atoms with van der Waals surface area (Å²) in [6, 6.07) is 5.62. The van der Waals surface area contributed by atoms with Crippen molar-refractivity contribution in [1.82, 2.24) is 10.3 Å². The number of aromatic nitrogens is 1. The van der Waals surface area contributed by atoms with Crippen LogP contribution in [-0.2, 0) is 6.54 Å². The number of hydrogen-bond acceptors (Lipinski definition) is 3. The van der Waals surface area contributed by atoms with Gasteiger partial charge in [-0.15, -0.1) is 11.3 Å². The zero-order valence-corrected chi connectivity index (χ0v) is 10.1. The third kappa shape index (κ3) is 3.10. The Morgan fingerprint density at radius 1 is 1.53 bits per heavy atom. The fraction of sp³-hybridized carbons (Fsp3) is 0.167. The molecule has 0 atom stereocenters. The van der Waals surface area contributed by atoms with Crippen LogP contribution in [0.15, 0.2) is 30.5 Å². The minimum Gasteiger partial charge on any atom is -0.347 e. The van der Waals surface area contributed by atoms with E-state index in [1.165, 1.54) is 29.5 Å². The summed E-state index contributed by atoms with van der Waals surface area (Å²) in [6.45, 7) is 2.32. The lowest BCUT2D eigenvalue weighted by Gasteiger charge is -2.03. The molecule has 17 heavy (non-hydrogen) atoms. The van der Waals surface area contributed by atoms with Gasteiger partial charge in [-0.1, -0.05) is 6.07 Å². The molecule has 2 rings (SSSR count). The van der Waals surface area contributed by atoms with Crippen molar-refractivity contribution in [1.29, 1.82) is 0 Å². The minimum absolute atomic E-state index is 0.282. The second kappa shape index (κ2) is 5.05. The van der Waals surface area contributed by atoms with E-state index in [-0.39, 0.29) is 5.91 Å². The molecule has 0 radical (unpaired) electrons. The first-order chi connectivity index (χ1) is 8.15. The Balaban J connectivity index is 1.98. The predicted molar refractivity (Wildman–Crippen MR) is 64.4 cm³/mol. The smallest absolute Gasteiger partial charge is 0.251 e. The quantitative estimate of drug-likeness (QED) is 0.909. The van der Waals surface area contributed by atoms with Gasteiger partial charge in [-0.05, 0) is 25.1 Å². The molecule has 1 aromatic heterocycles. The van der Waals surface area contributed by atoms with Crippen LogP contribution in [0.1, 0.15) is 20.2 Å². The second-order valence-electron chi connectivity index (χ2n) is 3.54. The minimum atomic E-state index is -0.411. The molecule has 0 aliphatic carbocycles. The highest BCUT2D eigenvalue weighted by atomic mass is 32.1. The van der Waals surface area contributed by atoms with Crippen LogP contribution in [0.2, 0.25) is 0 Å². The Morgan fingerprint density at radius 3 is 3.00 bits per heavy atom. The van der Waals surface area contributed by atoms with E-state index in [0.29, 0.717) is 12.1 Å². The number of aryl methyl sites for hydroxylation is 1. The third-order valence-electron chi connectivity index (χ3n) is 2.18. The van der Waals surface area contributed by atoms with Crippen molar-refractivity contribution < 1.29 is 9.18 Å². The molecule has 0 fully saturated rings. The first-order valence-electron chi connectivity index (χ1n) is 5.10. The van der Waals surface area contributed by atoms with Crippen LogP contribution in [0.5, 0.6) is 0 Å². The maximum atomic E-state index is 12.9. The highest BCUT2D eigenvalue weighted by Crippen LogP contribution is 2.11. The highest BCUT2D eigenvalue weighted by molar-refractivity contribution is 7.11. The molecule has 0 bridgehead atoms. The van der Waals surface area contributed by atoms with Gasteiger partial charge in [0, 0.05) is 16.6 Å². The number of rotatable bonds is 3. The number of hydrogen-bond donors (Lipinski definition) is 1. The van der Waals surface area contributed by atoms with Crippen molar-refractivity contribution in [2.75, 3.05) is 0 Å². The fourth-order valence-corrected chi connectivity index (χ4v) is 2.12. The topological polar surface area (TPSA) is 42.0 Å². The molecule has 0 saturated heterocycles. The van der Waals surface area contributed by atoms with Crippen molar-refractivity contribution in [2.24, 2.45) is 0 Å². The molecule has 2 aromatic rings. The van der Waals surface area contributed by atoms with Crippen molar-refractivity contribution >= 4 is 17.2 Å². The molecular weight excluding hydrogens is 239 g/mol. The van der Waals surface area contributed by atoms with Gasteiger partial charge in [-0.2, -0.15) is 0 Å². The van der Waals surface area contributed by atoms with Crippen molar-refractivity contribution in [2.45, 2.75) is 13.5 Å². The number of nitrogens with one attached hydrogen (secondary N) is 1. The summed E-state index contributed by atoms with van der Waals surface area (Å²) in [5.41, 5.74) is 0.325. The normalized spacial score (nSPS) is 10.2. The summed E-state index contributed by atoms with van der Waals surface area (Å²) in [5.74, 6) is -0.693. The van der Waals surface area contributed by atoms with Gasteiger partial charge in [0.15, 0.2) is 0 Å². The standard InChI is InChI=1S/C12H11FN2OS/c1-8-14-6-11(17-8)7-15-12(16)9-3-2-4-10(13)5-9/h2-6H,7H2,1H3,(H,15,16). The summed E-state index contributed by atoms with van der Waals surface area (Å²) >= 11 is 1.53. The highest BCUT2D eigenvalue weighted by Gasteiger charge is 2.06. The lowest BCUT2D eigenvalue weighted by Crippen LogP contribution is -2.22. The molecule has 1 amide bonds. The van der Waals surface area contributed by atoms with Gasteiger partial charge in [0.2, 0.25) is 0 Å². The van der Waals surface area contributed by atoms with E-state index >= 15 is 0 Å². The number of carbonyl (C=O) groups is 1. The van der Waals surface area contributed by atoms with Gasteiger partial charge < -0.3 is 5.32 Å². The van der Waals surface area contributed by atoms with E-state index in [4.69, 9.17) is 0 Å². The number of amides is 1. The van der Waals surface area contributed by atoms with Crippen LogP contribution in [0.3, 0.4) is 0 Å². The molecular formula is C12H11FN2OS. The third-order valence-corrected chi connectivity index (χ3v) is 3.09. The molecule has 1 aromatic carbocycles. The van der Waals surface area contributed by atoms with Gasteiger partial charge in [-0.3, -0.25) is 4.79 Å². The average molecular weight is 250 g/mol. The molecule has 5 heteroatoms. The molecule has 0 saturated carbocycles. The summed E-state index contributed by atoms with van der Waals surface area (Å²) in [5, 5.41) is 3.68. The molecule has 1 N–H and O–H groups in total. The summed E-state index contributed by atoms with van der Waals surface area (Å²) in [4.78, 5) is 16.8. The Kier molecular flexibility index (Phi) is 3.49.